The molecule has 6 heteroatoms. The molecular weight excluding hydrogens is 414 g/mol. The molecule has 0 saturated carbocycles. The summed E-state index contributed by atoms with van der Waals surface area (Å²) >= 11 is 5.56. The van der Waals surface area contributed by atoms with E-state index in [0.29, 0.717) is 13.0 Å². The Morgan fingerprint density at radius 1 is 0.774 bits per heavy atom. The van der Waals surface area contributed by atoms with Crippen molar-refractivity contribution in [1.82, 2.24) is 4.90 Å². The van der Waals surface area contributed by atoms with Gasteiger partial charge in [-0.25, -0.2) is 9.59 Å². The number of hydrogen-bond donors (Lipinski definition) is 0. The van der Waals surface area contributed by atoms with Gasteiger partial charge in [0.2, 0.25) is 0 Å². The molecule has 184 valence electrons. The maximum atomic E-state index is 12.5. The predicted octanol–water partition coefficient (Wildman–Crippen LogP) is 7.34. The fourth-order valence-electron chi connectivity index (χ4n) is 3.60. The van der Waals surface area contributed by atoms with E-state index in [9.17, 15) is 9.59 Å². The van der Waals surface area contributed by atoms with Crippen LogP contribution >= 0.6 is 11.6 Å². The van der Waals surface area contributed by atoms with Gasteiger partial charge in [0, 0.05) is 7.05 Å². The summed E-state index contributed by atoms with van der Waals surface area (Å²) in [5.74, 6) is 0.146. The number of nitrogens with zero attached hydrogens (tertiary/aromatic N) is 1. The number of hydrogen-bond acceptors (Lipinski definition) is 4. The van der Waals surface area contributed by atoms with Crippen LogP contribution in [-0.4, -0.2) is 49.1 Å². The van der Waals surface area contributed by atoms with Crippen LogP contribution in [0.2, 0.25) is 0 Å². The van der Waals surface area contributed by atoms with Crippen molar-refractivity contribution < 1.29 is 19.1 Å². The van der Waals surface area contributed by atoms with Gasteiger partial charge < -0.3 is 9.47 Å². The highest BCUT2D eigenvalue weighted by Crippen LogP contribution is 2.15. The van der Waals surface area contributed by atoms with Crippen molar-refractivity contribution in [3.05, 3.63) is 0 Å². The van der Waals surface area contributed by atoms with Crippen LogP contribution in [0.1, 0.15) is 111 Å². The maximum Gasteiger partial charge on any atom is 0.410 e. The zero-order valence-corrected chi connectivity index (χ0v) is 21.4. The van der Waals surface area contributed by atoms with Gasteiger partial charge in [-0.3, -0.25) is 4.90 Å². The number of rotatable bonds is 20. The third-order valence-electron chi connectivity index (χ3n) is 5.52. The van der Waals surface area contributed by atoms with Gasteiger partial charge in [-0.05, 0) is 18.8 Å². The van der Waals surface area contributed by atoms with Gasteiger partial charge in [0.1, 0.15) is 12.6 Å². The third kappa shape index (κ3) is 17.3. The minimum Gasteiger partial charge on any atom is -0.464 e. The first-order chi connectivity index (χ1) is 14.9. The lowest BCUT2D eigenvalue weighted by Gasteiger charge is -2.27. The quantitative estimate of drug-likeness (QED) is 0.108. The normalized spacial score (nSPS) is 12.1. The highest BCUT2D eigenvalue weighted by atomic mass is 35.5. The van der Waals surface area contributed by atoms with Crippen LogP contribution in [0.5, 0.6) is 0 Å². The van der Waals surface area contributed by atoms with Crippen LogP contribution < -0.4 is 0 Å². The second-order valence-corrected chi connectivity index (χ2v) is 9.35. The Morgan fingerprint density at radius 2 is 1.26 bits per heavy atom. The molecule has 0 saturated heterocycles. The van der Waals surface area contributed by atoms with Crippen LogP contribution in [0.25, 0.3) is 0 Å². The summed E-state index contributed by atoms with van der Waals surface area (Å²) in [4.78, 5) is 25.9. The SMILES string of the molecule is CCCCCCCCCCCCCCCOC(=O)C(CC(C)C)N(C)C(=O)OCCCl. The van der Waals surface area contributed by atoms with Crippen molar-refractivity contribution in [2.24, 2.45) is 5.92 Å². The number of alkyl halides is 1. The molecule has 1 unspecified atom stereocenters. The van der Waals surface area contributed by atoms with E-state index in [2.05, 4.69) is 6.92 Å². The van der Waals surface area contributed by atoms with Crippen LogP contribution in [0.4, 0.5) is 4.79 Å². The maximum absolute atomic E-state index is 12.5. The molecule has 0 aliphatic carbocycles. The molecule has 1 atom stereocenters. The van der Waals surface area contributed by atoms with E-state index >= 15 is 0 Å². The Bertz CT molecular complexity index is 445. The highest BCUT2D eigenvalue weighted by molar-refractivity contribution is 6.18. The van der Waals surface area contributed by atoms with Gasteiger partial charge in [-0.15, -0.1) is 11.6 Å². The van der Waals surface area contributed by atoms with Crippen molar-refractivity contribution in [3.63, 3.8) is 0 Å². The second-order valence-electron chi connectivity index (χ2n) is 8.97. The van der Waals surface area contributed by atoms with E-state index in [0.717, 1.165) is 12.8 Å². The molecule has 0 heterocycles. The number of esters is 1. The highest BCUT2D eigenvalue weighted by Gasteiger charge is 2.29. The Labute approximate surface area is 196 Å². The largest absolute Gasteiger partial charge is 0.464 e. The van der Waals surface area contributed by atoms with Gasteiger partial charge in [0.05, 0.1) is 12.5 Å². The van der Waals surface area contributed by atoms with Gasteiger partial charge >= 0.3 is 12.1 Å². The first-order valence-corrected chi connectivity index (χ1v) is 13.1. The summed E-state index contributed by atoms with van der Waals surface area (Å²) in [5.41, 5.74) is 0. The summed E-state index contributed by atoms with van der Waals surface area (Å²) in [6.07, 6.45) is 16.7. The molecule has 0 rings (SSSR count). The third-order valence-corrected chi connectivity index (χ3v) is 5.67. The molecule has 0 aromatic rings. The summed E-state index contributed by atoms with van der Waals surface area (Å²) < 4.78 is 10.5. The van der Waals surface area contributed by atoms with Crippen molar-refractivity contribution >= 4 is 23.7 Å². The Morgan fingerprint density at radius 3 is 1.71 bits per heavy atom. The van der Waals surface area contributed by atoms with Crippen molar-refractivity contribution in [2.45, 2.75) is 117 Å². The van der Waals surface area contributed by atoms with Crippen LogP contribution in [0, 0.1) is 5.92 Å². The van der Waals surface area contributed by atoms with E-state index in [-0.39, 0.29) is 24.4 Å². The monoisotopic (exact) mass is 461 g/mol. The zero-order valence-electron chi connectivity index (χ0n) is 20.6. The Kier molecular flexibility index (Phi) is 20.3. The van der Waals surface area contributed by atoms with Crippen LogP contribution in [0.15, 0.2) is 0 Å². The molecule has 5 nitrogen and oxygen atoms in total. The summed E-state index contributed by atoms with van der Waals surface area (Å²) in [7, 11) is 1.58. The molecule has 0 aliphatic rings. The molecule has 0 aromatic heterocycles. The fraction of sp³-hybridized carbons (Fsp3) is 0.920. The van der Waals surface area contributed by atoms with Crippen molar-refractivity contribution in [1.29, 1.82) is 0 Å². The van der Waals surface area contributed by atoms with Crippen LogP contribution in [-0.2, 0) is 14.3 Å². The van der Waals surface area contributed by atoms with Gasteiger partial charge in [-0.1, -0.05) is 97.8 Å². The molecule has 0 radical (unpaired) electrons. The average Bonchev–Trinajstić information content (AvgIpc) is 2.75. The first kappa shape index (κ1) is 30.0. The van der Waals surface area contributed by atoms with Gasteiger partial charge in [-0.2, -0.15) is 0 Å². The number of carbonyl (C=O) groups excluding carboxylic acids is 2. The molecule has 0 fully saturated rings. The predicted molar refractivity (Wildman–Crippen MR) is 130 cm³/mol. The van der Waals surface area contributed by atoms with E-state index in [4.69, 9.17) is 21.1 Å². The minimum atomic E-state index is -0.621. The topological polar surface area (TPSA) is 55.8 Å². The Balaban J connectivity index is 3.87. The number of likely N-dealkylation sites (N-methyl/N-ethyl adjacent to an activating group) is 1. The number of ether oxygens (including phenoxy) is 2. The summed E-state index contributed by atoms with van der Waals surface area (Å²) in [6.45, 7) is 6.84. The molecular formula is C25H48ClNO4. The lowest BCUT2D eigenvalue weighted by molar-refractivity contribution is -0.149. The van der Waals surface area contributed by atoms with Gasteiger partial charge in [0.25, 0.3) is 0 Å². The standard InChI is InChI=1S/C25H48ClNO4/c1-5-6-7-8-9-10-11-12-13-14-15-16-17-19-30-24(28)23(21-22(2)3)27(4)25(29)31-20-18-26/h22-23H,5-21H2,1-4H3. The molecule has 0 bridgehead atoms. The molecule has 0 N–H and O–H groups in total. The zero-order chi connectivity index (χ0) is 23.3. The molecule has 0 aromatic carbocycles. The fourth-order valence-corrected chi connectivity index (χ4v) is 3.68. The smallest absolute Gasteiger partial charge is 0.410 e. The summed E-state index contributed by atoms with van der Waals surface area (Å²) in [5, 5.41) is 0. The molecule has 0 aliphatic heterocycles. The Hall–Kier alpha value is -0.970. The molecule has 31 heavy (non-hydrogen) atoms. The number of halogens is 1. The number of unbranched alkanes of at least 4 members (excludes halogenated alkanes) is 12. The molecule has 1 amide bonds. The van der Waals surface area contributed by atoms with E-state index in [1.807, 2.05) is 13.8 Å². The number of carbonyl (C=O) groups is 2. The van der Waals surface area contributed by atoms with Crippen molar-refractivity contribution in [2.75, 3.05) is 26.1 Å². The average molecular weight is 462 g/mol. The van der Waals surface area contributed by atoms with E-state index in [1.54, 1.807) is 7.05 Å². The molecule has 0 spiro atoms. The van der Waals surface area contributed by atoms with Gasteiger partial charge in [0.15, 0.2) is 0 Å². The van der Waals surface area contributed by atoms with Crippen LogP contribution in [0.3, 0.4) is 0 Å². The number of amides is 1. The van der Waals surface area contributed by atoms with E-state index < -0.39 is 12.1 Å². The lowest BCUT2D eigenvalue weighted by atomic mass is 10.0. The van der Waals surface area contributed by atoms with Crippen molar-refractivity contribution in [3.8, 4) is 0 Å². The minimum absolute atomic E-state index is 0.132. The first-order valence-electron chi connectivity index (χ1n) is 12.6. The second kappa shape index (κ2) is 20.9. The van der Waals surface area contributed by atoms with E-state index in [1.165, 1.54) is 75.5 Å². The summed E-state index contributed by atoms with van der Waals surface area (Å²) in [6, 6.07) is -0.621. The lowest BCUT2D eigenvalue weighted by Crippen LogP contribution is -2.44.